The van der Waals surface area contributed by atoms with Crippen molar-refractivity contribution in [1.82, 2.24) is 4.31 Å². The maximum atomic E-state index is 13.0. The molecule has 1 aliphatic rings. The molecule has 0 aliphatic carbocycles. The first-order valence-electron chi connectivity index (χ1n) is 10.2. The van der Waals surface area contributed by atoms with Crippen molar-refractivity contribution >= 4 is 33.0 Å². The molecular formula is C21H26N4O6S. The molecule has 0 radical (unpaired) electrons. The van der Waals surface area contributed by atoms with E-state index in [9.17, 15) is 23.3 Å². The van der Waals surface area contributed by atoms with E-state index in [0.717, 1.165) is 24.8 Å². The van der Waals surface area contributed by atoms with Crippen molar-refractivity contribution in [3.63, 3.8) is 0 Å². The second-order valence-electron chi connectivity index (χ2n) is 7.48. The summed E-state index contributed by atoms with van der Waals surface area (Å²) in [4.78, 5) is 23.1. The first kappa shape index (κ1) is 23.5. The standard InChI is InChI=1S/C21H26N4O6S/c1-15-6-7-16(25(27)28)12-18(15)22-14-21(26)23-19-13-17(8-9-20(19)31-2)32(29,30)24-10-4-3-5-11-24/h6-9,12-13,22H,3-5,10-11,14H2,1-2H3,(H,23,26). The molecule has 0 unspecified atom stereocenters. The minimum Gasteiger partial charge on any atom is -0.495 e. The van der Waals surface area contributed by atoms with E-state index in [1.54, 1.807) is 13.0 Å². The summed E-state index contributed by atoms with van der Waals surface area (Å²) in [5.41, 5.74) is 1.35. The van der Waals surface area contributed by atoms with Gasteiger partial charge in [-0.15, -0.1) is 0 Å². The van der Waals surface area contributed by atoms with Gasteiger partial charge in [0.1, 0.15) is 5.75 Å². The summed E-state index contributed by atoms with van der Waals surface area (Å²) in [5, 5.41) is 16.5. The summed E-state index contributed by atoms with van der Waals surface area (Å²) < 4.78 is 32.6. The van der Waals surface area contributed by atoms with E-state index >= 15 is 0 Å². The van der Waals surface area contributed by atoms with Crippen molar-refractivity contribution < 1.29 is 22.9 Å². The predicted octanol–water partition coefficient (Wildman–Crippen LogP) is 3.14. The Morgan fingerprint density at radius 1 is 1.12 bits per heavy atom. The number of sulfonamides is 1. The van der Waals surface area contributed by atoms with E-state index in [4.69, 9.17) is 4.74 Å². The number of methoxy groups -OCH3 is 1. The average Bonchev–Trinajstić information content (AvgIpc) is 2.78. The van der Waals surface area contributed by atoms with E-state index in [-0.39, 0.29) is 22.8 Å². The number of nitro groups is 1. The van der Waals surface area contributed by atoms with Crippen LogP contribution >= 0.6 is 0 Å². The van der Waals surface area contributed by atoms with Gasteiger partial charge in [0, 0.05) is 30.9 Å². The largest absolute Gasteiger partial charge is 0.495 e. The molecule has 10 nitrogen and oxygen atoms in total. The quantitative estimate of drug-likeness (QED) is 0.455. The number of hydrogen-bond donors (Lipinski definition) is 2. The van der Waals surface area contributed by atoms with Gasteiger partial charge in [0.15, 0.2) is 0 Å². The highest BCUT2D eigenvalue weighted by atomic mass is 32.2. The van der Waals surface area contributed by atoms with Gasteiger partial charge in [-0.25, -0.2) is 8.42 Å². The number of nitrogens with one attached hydrogen (secondary N) is 2. The lowest BCUT2D eigenvalue weighted by Gasteiger charge is -2.26. The van der Waals surface area contributed by atoms with Crippen molar-refractivity contribution in [2.45, 2.75) is 31.1 Å². The number of piperidine rings is 1. The molecule has 172 valence electrons. The molecule has 2 aromatic rings. The molecular weight excluding hydrogens is 436 g/mol. The average molecular weight is 463 g/mol. The summed E-state index contributed by atoms with van der Waals surface area (Å²) in [6.07, 6.45) is 2.65. The third-order valence-electron chi connectivity index (χ3n) is 5.27. The zero-order chi connectivity index (χ0) is 23.3. The number of nitro benzene ring substituents is 1. The molecule has 32 heavy (non-hydrogen) atoms. The summed E-state index contributed by atoms with van der Waals surface area (Å²) in [7, 11) is -2.25. The predicted molar refractivity (Wildman–Crippen MR) is 121 cm³/mol. The number of anilines is 2. The third kappa shape index (κ3) is 5.35. The fourth-order valence-electron chi connectivity index (χ4n) is 3.48. The van der Waals surface area contributed by atoms with Gasteiger partial charge >= 0.3 is 0 Å². The molecule has 3 rings (SSSR count). The molecule has 0 bridgehead atoms. The molecule has 0 aromatic heterocycles. The number of amides is 1. The molecule has 1 fully saturated rings. The molecule has 0 saturated carbocycles. The van der Waals surface area contributed by atoms with E-state index in [2.05, 4.69) is 10.6 Å². The molecule has 0 spiro atoms. The summed E-state index contributed by atoms with van der Waals surface area (Å²) in [6, 6.07) is 8.69. The van der Waals surface area contributed by atoms with Gasteiger partial charge in [-0.05, 0) is 43.5 Å². The maximum absolute atomic E-state index is 13.0. The Balaban J connectivity index is 1.75. The number of carbonyl (C=O) groups excluding carboxylic acids is 1. The molecule has 11 heteroatoms. The smallest absolute Gasteiger partial charge is 0.271 e. The second-order valence-corrected chi connectivity index (χ2v) is 9.42. The highest BCUT2D eigenvalue weighted by Gasteiger charge is 2.27. The number of carbonyl (C=O) groups is 1. The van der Waals surface area contributed by atoms with Crippen LogP contribution in [0.25, 0.3) is 0 Å². The zero-order valence-corrected chi connectivity index (χ0v) is 18.8. The first-order chi connectivity index (χ1) is 15.2. The lowest BCUT2D eigenvalue weighted by Crippen LogP contribution is -2.35. The highest BCUT2D eigenvalue weighted by molar-refractivity contribution is 7.89. The van der Waals surface area contributed by atoms with Crippen LogP contribution in [-0.2, 0) is 14.8 Å². The Labute approximate surface area is 186 Å². The van der Waals surface area contributed by atoms with Gasteiger partial charge in [-0.3, -0.25) is 14.9 Å². The van der Waals surface area contributed by atoms with E-state index in [1.165, 1.54) is 41.7 Å². The summed E-state index contributed by atoms with van der Waals surface area (Å²) >= 11 is 0. The lowest BCUT2D eigenvalue weighted by molar-refractivity contribution is -0.384. The van der Waals surface area contributed by atoms with E-state index in [0.29, 0.717) is 24.5 Å². The highest BCUT2D eigenvalue weighted by Crippen LogP contribution is 2.30. The summed E-state index contributed by atoms with van der Waals surface area (Å²) in [6.45, 7) is 2.54. The van der Waals surface area contributed by atoms with Gasteiger partial charge in [0.2, 0.25) is 15.9 Å². The van der Waals surface area contributed by atoms with Crippen LogP contribution in [0.2, 0.25) is 0 Å². The molecule has 2 aromatic carbocycles. The Hall–Kier alpha value is -3.18. The zero-order valence-electron chi connectivity index (χ0n) is 18.0. The molecule has 1 amide bonds. The molecule has 0 atom stereocenters. The number of ether oxygens (including phenoxy) is 1. The van der Waals surface area contributed by atoms with Gasteiger partial charge in [0.05, 0.1) is 29.2 Å². The van der Waals surface area contributed by atoms with Gasteiger partial charge in [-0.2, -0.15) is 4.31 Å². The van der Waals surface area contributed by atoms with Crippen molar-refractivity contribution in [3.05, 3.63) is 52.1 Å². The molecule has 1 saturated heterocycles. The van der Waals surface area contributed by atoms with Crippen LogP contribution in [0.1, 0.15) is 24.8 Å². The SMILES string of the molecule is COc1ccc(S(=O)(=O)N2CCCCC2)cc1NC(=O)CNc1cc([N+](=O)[O-])ccc1C. The first-order valence-corrected chi connectivity index (χ1v) is 11.6. The topological polar surface area (TPSA) is 131 Å². The van der Waals surface area contributed by atoms with Crippen LogP contribution in [0.15, 0.2) is 41.3 Å². The van der Waals surface area contributed by atoms with Crippen molar-refractivity contribution in [2.75, 3.05) is 37.4 Å². The number of nitrogens with zero attached hydrogens (tertiary/aromatic N) is 2. The molecule has 1 heterocycles. The maximum Gasteiger partial charge on any atom is 0.271 e. The number of hydrogen-bond acceptors (Lipinski definition) is 7. The van der Waals surface area contributed by atoms with Crippen molar-refractivity contribution in [3.8, 4) is 5.75 Å². The van der Waals surface area contributed by atoms with Crippen LogP contribution in [0, 0.1) is 17.0 Å². The number of aryl methyl sites for hydroxylation is 1. The fraction of sp³-hybridized carbons (Fsp3) is 0.381. The van der Waals surface area contributed by atoms with Crippen LogP contribution in [0.5, 0.6) is 5.75 Å². The van der Waals surface area contributed by atoms with Crippen LogP contribution in [-0.4, -0.2) is 50.3 Å². The fourth-order valence-corrected chi connectivity index (χ4v) is 5.03. The van der Waals surface area contributed by atoms with Crippen molar-refractivity contribution in [1.29, 1.82) is 0 Å². The number of rotatable bonds is 8. The molecule has 2 N–H and O–H groups in total. The van der Waals surface area contributed by atoms with Gasteiger partial charge in [0.25, 0.3) is 5.69 Å². The second kappa shape index (κ2) is 9.96. The van der Waals surface area contributed by atoms with Crippen LogP contribution < -0.4 is 15.4 Å². The molecule has 1 aliphatic heterocycles. The Morgan fingerprint density at radius 2 is 1.84 bits per heavy atom. The van der Waals surface area contributed by atoms with Gasteiger partial charge < -0.3 is 15.4 Å². The Kier molecular flexibility index (Phi) is 7.31. The van der Waals surface area contributed by atoms with E-state index in [1.807, 2.05) is 0 Å². The monoisotopic (exact) mass is 462 g/mol. The summed E-state index contributed by atoms with van der Waals surface area (Å²) in [5.74, 6) is -0.135. The van der Waals surface area contributed by atoms with Crippen LogP contribution in [0.3, 0.4) is 0 Å². The third-order valence-corrected chi connectivity index (χ3v) is 7.16. The Bertz CT molecular complexity index is 1110. The number of benzene rings is 2. The van der Waals surface area contributed by atoms with Crippen molar-refractivity contribution in [2.24, 2.45) is 0 Å². The minimum absolute atomic E-state index is 0.0815. The van der Waals surface area contributed by atoms with E-state index < -0.39 is 20.9 Å². The van der Waals surface area contributed by atoms with Gasteiger partial charge in [-0.1, -0.05) is 12.5 Å². The normalized spacial score (nSPS) is 14.6. The lowest BCUT2D eigenvalue weighted by atomic mass is 10.2. The minimum atomic E-state index is -3.67. The van der Waals surface area contributed by atoms with Crippen LogP contribution in [0.4, 0.5) is 17.1 Å². The Morgan fingerprint density at radius 3 is 2.50 bits per heavy atom. The number of non-ortho nitro benzene ring substituents is 1.